The van der Waals surface area contributed by atoms with Crippen molar-refractivity contribution in [1.29, 1.82) is 0 Å². The maximum absolute atomic E-state index is 12.2. The van der Waals surface area contributed by atoms with Gasteiger partial charge in [0.15, 0.2) is 6.61 Å². The fourth-order valence-electron chi connectivity index (χ4n) is 2.68. The lowest BCUT2D eigenvalue weighted by molar-refractivity contribution is -0.119. The average molecular weight is 395 g/mol. The Morgan fingerprint density at radius 1 is 1.03 bits per heavy atom. The van der Waals surface area contributed by atoms with Crippen LogP contribution in [0.2, 0.25) is 0 Å². The topological polar surface area (TPSA) is 91.7 Å². The van der Waals surface area contributed by atoms with Crippen LogP contribution in [-0.2, 0) is 9.53 Å². The smallest absolute Gasteiger partial charge is 0.338 e. The zero-order valence-electron chi connectivity index (χ0n) is 16.3. The van der Waals surface area contributed by atoms with Gasteiger partial charge in [-0.05, 0) is 49.4 Å². The van der Waals surface area contributed by atoms with E-state index < -0.39 is 18.5 Å². The van der Waals surface area contributed by atoms with Gasteiger partial charge in [-0.2, -0.15) is 5.10 Å². The fourth-order valence-corrected chi connectivity index (χ4v) is 2.68. The summed E-state index contributed by atoms with van der Waals surface area (Å²) in [5.74, 6) is -0.0373. The maximum atomic E-state index is 12.2. The second-order valence-corrected chi connectivity index (χ2v) is 6.12. The first kappa shape index (κ1) is 19.9. The predicted octanol–water partition coefficient (Wildman–Crippen LogP) is 2.99. The number of rotatable bonds is 7. The summed E-state index contributed by atoms with van der Waals surface area (Å²) in [4.78, 5) is 24.3. The third-order valence-corrected chi connectivity index (χ3v) is 4.20. The number of aromatic nitrogens is 2. The quantitative estimate of drug-likeness (QED) is 0.619. The molecule has 0 saturated carbocycles. The van der Waals surface area contributed by atoms with Crippen LogP contribution in [0.4, 0.5) is 5.69 Å². The molecule has 1 amide bonds. The average Bonchev–Trinajstić information content (AvgIpc) is 3.18. The predicted molar refractivity (Wildman–Crippen MR) is 107 cm³/mol. The van der Waals surface area contributed by atoms with Crippen LogP contribution in [0.1, 0.15) is 16.1 Å². The minimum atomic E-state index is -0.592. The summed E-state index contributed by atoms with van der Waals surface area (Å²) in [7, 11) is 3.02. The van der Waals surface area contributed by atoms with Gasteiger partial charge in [0.05, 0.1) is 31.2 Å². The van der Waals surface area contributed by atoms with Crippen molar-refractivity contribution in [2.75, 3.05) is 26.1 Å². The number of esters is 1. The van der Waals surface area contributed by atoms with E-state index in [2.05, 4.69) is 10.4 Å². The van der Waals surface area contributed by atoms with Crippen LogP contribution in [-0.4, -0.2) is 42.5 Å². The lowest BCUT2D eigenvalue weighted by Gasteiger charge is -2.12. The molecule has 0 spiro atoms. The summed E-state index contributed by atoms with van der Waals surface area (Å²) < 4.78 is 17.2. The Morgan fingerprint density at radius 3 is 2.41 bits per heavy atom. The summed E-state index contributed by atoms with van der Waals surface area (Å²) in [6, 6.07) is 13.6. The standard InChI is InChI=1S/C21H21N3O5/c1-14-10-11-22-24(14)16-6-4-15(5-7-16)21(26)29-13-20(25)23-18-9-8-17(27-2)12-19(18)28-3/h4-12H,13H2,1-3H3,(H,23,25). The van der Waals surface area contributed by atoms with E-state index in [4.69, 9.17) is 14.2 Å². The van der Waals surface area contributed by atoms with E-state index in [0.29, 0.717) is 22.7 Å². The van der Waals surface area contributed by atoms with Crippen molar-refractivity contribution >= 4 is 17.6 Å². The minimum Gasteiger partial charge on any atom is -0.497 e. The Morgan fingerprint density at radius 2 is 1.79 bits per heavy atom. The van der Waals surface area contributed by atoms with Crippen molar-refractivity contribution < 1.29 is 23.8 Å². The highest BCUT2D eigenvalue weighted by atomic mass is 16.5. The number of anilines is 1. The molecule has 8 nitrogen and oxygen atoms in total. The van der Waals surface area contributed by atoms with E-state index in [0.717, 1.165) is 11.4 Å². The van der Waals surface area contributed by atoms with Gasteiger partial charge < -0.3 is 19.5 Å². The van der Waals surface area contributed by atoms with Crippen molar-refractivity contribution in [2.24, 2.45) is 0 Å². The number of nitrogens with zero attached hydrogens (tertiary/aromatic N) is 2. The molecule has 8 heteroatoms. The number of methoxy groups -OCH3 is 2. The minimum absolute atomic E-state index is 0.341. The summed E-state index contributed by atoms with van der Waals surface area (Å²) in [5.41, 5.74) is 2.60. The molecule has 3 rings (SSSR count). The first-order valence-electron chi connectivity index (χ1n) is 8.82. The molecule has 0 aliphatic heterocycles. The van der Waals surface area contributed by atoms with Gasteiger partial charge in [0.2, 0.25) is 0 Å². The number of ether oxygens (including phenoxy) is 3. The second kappa shape index (κ2) is 8.92. The summed E-state index contributed by atoms with van der Waals surface area (Å²) in [5, 5.41) is 6.86. The molecule has 1 heterocycles. The van der Waals surface area contributed by atoms with Gasteiger partial charge in [-0.3, -0.25) is 4.79 Å². The molecule has 0 aliphatic carbocycles. The van der Waals surface area contributed by atoms with Gasteiger partial charge >= 0.3 is 5.97 Å². The molecule has 0 bridgehead atoms. The molecule has 29 heavy (non-hydrogen) atoms. The van der Waals surface area contributed by atoms with Gasteiger partial charge in [-0.1, -0.05) is 0 Å². The van der Waals surface area contributed by atoms with E-state index in [1.165, 1.54) is 14.2 Å². The van der Waals surface area contributed by atoms with Crippen molar-refractivity contribution in [3.05, 3.63) is 66.0 Å². The molecule has 0 saturated heterocycles. The number of benzene rings is 2. The molecule has 0 atom stereocenters. The lowest BCUT2D eigenvalue weighted by atomic mass is 10.2. The zero-order chi connectivity index (χ0) is 20.8. The molecule has 0 aliphatic rings. The molecule has 1 aromatic heterocycles. The summed E-state index contributed by atoms with van der Waals surface area (Å²) >= 11 is 0. The first-order valence-corrected chi connectivity index (χ1v) is 8.82. The Kier molecular flexibility index (Phi) is 6.13. The van der Waals surface area contributed by atoms with Crippen LogP contribution in [0.15, 0.2) is 54.7 Å². The van der Waals surface area contributed by atoms with E-state index in [-0.39, 0.29) is 0 Å². The number of nitrogens with one attached hydrogen (secondary N) is 1. The molecule has 0 fully saturated rings. The molecular weight excluding hydrogens is 374 g/mol. The molecule has 1 N–H and O–H groups in total. The Bertz CT molecular complexity index is 1010. The summed E-state index contributed by atoms with van der Waals surface area (Å²) in [6.45, 7) is 1.51. The van der Waals surface area contributed by atoms with Crippen molar-refractivity contribution in [3.63, 3.8) is 0 Å². The Hall–Kier alpha value is -3.81. The van der Waals surface area contributed by atoms with E-state index in [9.17, 15) is 9.59 Å². The van der Waals surface area contributed by atoms with E-state index >= 15 is 0 Å². The maximum Gasteiger partial charge on any atom is 0.338 e. The number of aryl methyl sites for hydroxylation is 1. The Labute approximate surface area is 168 Å². The fraction of sp³-hybridized carbons (Fsp3) is 0.190. The van der Waals surface area contributed by atoms with Crippen molar-refractivity contribution in [1.82, 2.24) is 9.78 Å². The third kappa shape index (κ3) is 4.73. The van der Waals surface area contributed by atoms with Gasteiger partial charge in [0.25, 0.3) is 5.91 Å². The van der Waals surface area contributed by atoms with Crippen LogP contribution < -0.4 is 14.8 Å². The number of carbonyl (C=O) groups is 2. The molecule has 3 aromatic rings. The lowest BCUT2D eigenvalue weighted by Crippen LogP contribution is -2.21. The van der Waals surface area contributed by atoms with Gasteiger partial charge in [0.1, 0.15) is 11.5 Å². The SMILES string of the molecule is COc1ccc(NC(=O)COC(=O)c2ccc(-n3nccc3C)cc2)c(OC)c1. The van der Waals surface area contributed by atoms with Gasteiger partial charge in [-0.25, -0.2) is 9.48 Å². The number of amides is 1. The van der Waals surface area contributed by atoms with Gasteiger partial charge in [0, 0.05) is 18.0 Å². The molecule has 150 valence electrons. The Balaban J connectivity index is 1.58. The number of hydrogen-bond acceptors (Lipinski definition) is 6. The van der Waals surface area contributed by atoms with Crippen LogP contribution in [0.5, 0.6) is 11.5 Å². The largest absolute Gasteiger partial charge is 0.497 e. The first-order chi connectivity index (χ1) is 14.0. The monoisotopic (exact) mass is 395 g/mol. The molecule has 0 radical (unpaired) electrons. The highest BCUT2D eigenvalue weighted by Crippen LogP contribution is 2.28. The van der Waals surface area contributed by atoms with Crippen molar-refractivity contribution in [3.8, 4) is 17.2 Å². The van der Waals surface area contributed by atoms with Crippen molar-refractivity contribution in [2.45, 2.75) is 6.92 Å². The zero-order valence-corrected chi connectivity index (χ0v) is 16.3. The third-order valence-electron chi connectivity index (χ3n) is 4.20. The van der Waals surface area contributed by atoms with Crippen LogP contribution in [0, 0.1) is 6.92 Å². The number of carbonyl (C=O) groups excluding carboxylic acids is 2. The van der Waals surface area contributed by atoms with E-state index in [1.807, 2.05) is 13.0 Å². The molecular formula is C21H21N3O5. The van der Waals surface area contributed by atoms with Crippen LogP contribution in [0.3, 0.4) is 0 Å². The number of hydrogen-bond donors (Lipinski definition) is 1. The van der Waals surface area contributed by atoms with Crippen LogP contribution >= 0.6 is 0 Å². The molecule has 0 unspecified atom stereocenters. The van der Waals surface area contributed by atoms with Gasteiger partial charge in [-0.15, -0.1) is 0 Å². The normalized spacial score (nSPS) is 10.3. The second-order valence-electron chi connectivity index (χ2n) is 6.12. The van der Waals surface area contributed by atoms with E-state index in [1.54, 1.807) is 53.3 Å². The highest BCUT2D eigenvalue weighted by molar-refractivity contribution is 5.96. The van der Waals surface area contributed by atoms with Crippen LogP contribution in [0.25, 0.3) is 5.69 Å². The summed E-state index contributed by atoms with van der Waals surface area (Å²) in [6.07, 6.45) is 1.70. The molecule has 2 aromatic carbocycles. The highest BCUT2D eigenvalue weighted by Gasteiger charge is 2.13.